The molecule has 0 aliphatic carbocycles. The first-order valence-corrected chi connectivity index (χ1v) is 9.25. The molecule has 0 fully saturated rings. The molecule has 0 spiro atoms. The molecular formula is C19H35NO2. The van der Waals surface area contributed by atoms with Crippen molar-refractivity contribution >= 4 is 0 Å². The van der Waals surface area contributed by atoms with E-state index in [0.717, 1.165) is 12.2 Å². The molecule has 0 radical (unpaired) electrons. The van der Waals surface area contributed by atoms with Crippen molar-refractivity contribution in [2.45, 2.75) is 103 Å². The zero-order valence-corrected chi connectivity index (χ0v) is 14.9. The maximum atomic E-state index is 11.1. The monoisotopic (exact) mass is 309 g/mol. The molecule has 0 bridgehead atoms. The Hall–Kier alpha value is -0.990. The number of rotatable bonds is 13. The van der Waals surface area contributed by atoms with Crippen molar-refractivity contribution in [1.82, 2.24) is 4.98 Å². The second-order valence-corrected chi connectivity index (χ2v) is 7.21. The van der Waals surface area contributed by atoms with E-state index in [2.05, 4.69) is 25.8 Å². The molecule has 1 aromatic heterocycles. The van der Waals surface area contributed by atoms with Crippen LogP contribution in [0.3, 0.4) is 0 Å². The summed E-state index contributed by atoms with van der Waals surface area (Å²) >= 11 is 0. The van der Waals surface area contributed by atoms with Gasteiger partial charge in [-0.25, -0.2) is 4.79 Å². The van der Waals surface area contributed by atoms with Crippen LogP contribution in [0.4, 0.5) is 0 Å². The molecule has 3 heteroatoms. The van der Waals surface area contributed by atoms with E-state index in [9.17, 15) is 4.79 Å². The molecule has 0 unspecified atom stereocenters. The normalized spacial score (nSPS) is 12.0. The van der Waals surface area contributed by atoms with Gasteiger partial charge in [-0.05, 0) is 6.42 Å². The standard InChI is InChI=1S/C19H35NO2/c1-4-5-6-7-8-9-10-11-12-13-14-15-19(2,3)17-16-20-18(21)22-17/h16H,4-15H2,1-3H3,(H,20,21). The number of unbranched alkanes of at least 4 members (excludes halogenated alkanes) is 10. The zero-order chi connectivity index (χ0) is 16.3. The van der Waals surface area contributed by atoms with Gasteiger partial charge in [-0.2, -0.15) is 0 Å². The molecule has 0 saturated carbocycles. The molecule has 0 aliphatic rings. The molecule has 1 heterocycles. The van der Waals surface area contributed by atoms with Crippen molar-refractivity contribution in [2.75, 3.05) is 0 Å². The van der Waals surface area contributed by atoms with E-state index in [4.69, 9.17) is 4.42 Å². The summed E-state index contributed by atoms with van der Waals surface area (Å²) in [6, 6.07) is 0. The predicted molar refractivity (Wildman–Crippen MR) is 93.4 cm³/mol. The molecule has 0 aliphatic heterocycles. The Kier molecular flexibility index (Phi) is 9.26. The van der Waals surface area contributed by atoms with Crippen molar-refractivity contribution < 1.29 is 4.42 Å². The van der Waals surface area contributed by atoms with Gasteiger partial charge in [0.25, 0.3) is 0 Å². The van der Waals surface area contributed by atoms with Gasteiger partial charge in [0.2, 0.25) is 0 Å². The zero-order valence-electron chi connectivity index (χ0n) is 14.9. The van der Waals surface area contributed by atoms with E-state index in [-0.39, 0.29) is 11.2 Å². The molecule has 22 heavy (non-hydrogen) atoms. The van der Waals surface area contributed by atoms with E-state index < -0.39 is 0 Å². The number of aromatic amines is 1. The molecule has 0 saturated heterocycles. The van der Waals surface area contributed by atoms with E-state index in [1.807, 2.05) is 0 Å². The lowest BCUT2D eigenvalue weighted by molar-refractivity contribution is 0.339. The van der Waals surface area contributed by atoms with Crippen LogP contribution >= 0.6 is 0 Å². The summed E-state index contributed by atoms with van der Waals surface area (Å²) in [5.74, 6) is 0.437. The Morgan fingerprint density at radius 3 is 1.86 bits per heavy atom. The Morgan fingerprint density at radius 2 is 1.41 bits per heavy atom. The van der Waals surface area contributed by atoms with Crippen LogP contribution in [0, 0.1) is 0 Å². The van der Waals surface area contributed by atoms with Gasteiger partial charge in [0.15, 0.2) is 0 Å². The third-order valence-corrected chi connectivity index (χ3v) is 4.60. The fourth-order valence-corrected chi connectivity index (χ4v) is 2.97. The Bertz CT molecular complexity index is 431. The molecule has 128 valence electrons. The highest BCUT2D eigenvalue weighted by atomic mass is 16.4. The van der Waals surface area contributed by atoms with Crippen LogP contribution in [0.2, 0.25) is 0 Å². The molecular weight excluding hydrogens is 274 g/mol. The first-order valence-electron chi connectivity index (χ1n) is 9.25. The third-order valence-electron chi connectivity index (χ3n) is 4.60. The molecule has 0 amide bonds. The van der Waals surface area contributed by atoms with Crippen LogP contribution in [0.5, 0.6) is 0 Å². The Morgan fingerprint density at radius 1 is 0.909 bits per heavy atom. The lowest BCUT2D eigenvalue weighted by atomic mass is 9.84. The van der Waals surface area contributed by atoms with Crippen molar-refractivity contribution in [3.8, 4) is 0 Å². The van der Waals surface area contributed by atoms with Crippen molar-refractivity contribution in [3.05, 3.63) is 22.5 Å². The summed E-state index contributed by atoms with van der Waals surface area (Å²) in [6.07, 6.45) is 17.8. The molecule has 1 N–H and O–H groups in total. The maximum Gasteiger partial charge on any atom is 0.416 e. The van der Waals surface area contributed by atoms with E-state index in [0.29, 0.717) is 0 Å². The highest BCUT2D eigenvalue weighted by Gasteiger charge is 2.23. The minimum atomic E-state index is -0.345. The average molecular weight is 309 g/mol. The molecule has 0 aromatic carbocycles. The fourth-order valence-electron chi connectivity index (χ4n) is 2.97. The summed E-state index contributed by atoms with van der Waals surface area (Å²) in [4.78, 5) is 13.7. The summed E-state index contributed by atoms with van der Waals surface area (Å²) in [6.45, 7) is 6.57. The van der Waals surface area contributed by atoms with Crippen molar-refractivity contribution in [3.63, 3.8) is 0 Å². The van der Waals surface area contributed by atoms with Crippen LogP contribution in [-0.4, -0.2) is 4.98 Å². The number of hydrogen-bond acceptors (Lipinski definition) is 2. The van der Waals surface area contributed by atoms with Gasteiger partial charge in [-0.15, -0.1) is 0 Å². The van der Waals surface area contributed by atoms with E-state index >= 15 is 0 Å². The average Bonchev–Trinajstić information content (AvgIpc) is 2.92. The minimum absolute atomic E-state index is 0.0432. The Balaban J connectivity index is 1.98. The van der Waals surface area contributed by atoms with Gasteiger partial charge in [0.1, 0.15) is 5.76 Å². The number of oxazole rings is 1. The Labute approximate surface area is 135 Å². The quantitative estimate of drug-likeness (QED) is 0.458. The van der Waals surface area contributed by atoms with Crippen molar-refractivity contribution in [1.29, 1.82) is 0 Å². The van der Waals surface area contributed by atoms with Crippen molar-refractivity contribution in [2.24, 2.45) is 0 Å². The van der Waals surface area contributed by atoms with Crippen LogP contribution in [-0.2, 0) is 5.41 Å². The topological polar surface area (TPSA) is 46.0 Å². The number of hydrogen-bond donors (Lipinski definition) is 1. The second-order valence-electron chi connectivity index (χ2n) is 7.21. The fraction of sp³-hybridized carbons (Fsp3) is 0.842. The maximum absolute atomic E-state index is 11.1. The number of H-pyrrole nitrogens is 1. The largest absolute Gasteiger partial charge is 0.416 e. The first-order chi connectivity index (χ1) is 10.6. The summed E-state index contributed by atoms with van der Waals surface area (Å²) in [7, 11) is 0. The first kappa shape index (κ1) is 19.1. The highest BCUT2D eigenvalue weighted by molar-refractivity contribution is 5.05. The molecule has 1 rings (SSSR count). The highest BCUT2D eigenvalue weighted by Crippen LogP contribution is 2.28. The summed E-state index contributed by atoms with van der Waals surface area (Å²) in [5, 5.41) is 0. The smallest absolute Gasteiger partial charge is 0.413 e. The number of aromatic nitrogens is 1. The van der Waals surface area contributed by atoms with Gasteiger partial charge in [0, 0.05) is 11.6 Å². The molecule has 1 aromatic rings. The van der Waals surface area contributed by atoms with Gasteiger partial charge in [-0.3, -0.25) is 4.98 Å². The minimum Gasteiger partial charge on any atom is -0.413 e. The third kappa shape index (κ3) is 7.86. The summed E-state index contributed by atoms with van der Waals surface area (Å²) in [5.41, 5.74) is -0.0432. The van der Waals surface area contributed by atoms with Gasteiger partial charge >= 0.3 is 5.76 Å². The van der Waals surface area contributed by atoms with Crippen LogP contribution < -0.4 is 5.76 Å². The number of nitrogens with one attached hydrogen (secondary N) is 1. The molecule has 0 atom stereocenters. The summed E-state index contributed by atoms with van der Waals surface area (Å²) < 4.78 is 5.19. The second kappa shape index (κ2) is 10.7. The van der Waals surface area contributed by atoms with Crippen LogP contribution in [0.15, 0.2) is 15.4 Å². The SMILES string of the molecule is CCCCCCCCCCCCCC(C)(C)c1c[nH]c(=O)o1. The van der Waals surface area contributed by atoms with E-state index in [1.54, 1.807) is 6.20 Å². The lowest BCUT2D eigenvalue weighted by Gasteiger charge is -2.21. The van der Waals surface area contributed by atoms with E-state index in [1.165, 1.54) is 70.6 Å². The van der Waals surface area contributed by atoms with Crippen LogP contribution in [0.25, 0.3) is 0 Å². The predicted octanol–water partition coefficient (Wildman–Crippen LogP) is 5.95. The lowest BCUT2D eigenvalue weighted by Crippen LogP contribution is -2.16. The molecule has 3 nitrogen and oxygen atoms in total. The van der Waals surface area contributed by atoms with Gasteiger partial charge in [0.05, 0.1) is 0 Å². The van der Waals surface area contributed by atoms with Crippen LogP contribution in [0.1, 0.15) is 104 Å². The van der Waals surface area contributed by atoms with Gasteiger partial charge < -0.3 is 4.42 Å². The van der Waals surface area contributed by atoms with Gasteiger partial charge in [-0.1, -0.05) is 91.4 Å².